The van der Waals surface area contributed by atoms with Crippen molar-refractivity contribution in [3.8, 4) is 5.75 Å². The first-order valence-electron chi connectivity index (χ1n) is 7.86. The number of piperidine rings is 1. The van der Waals surface area contributed by atoms with Crippen LogP contribution in [0.5, 0.6) is 5.75 Å². The number of carbonyl (C=O) groups is 1. The summed E-state index contributed by atoms with van der Waals surface area (Å²) in [5.74, 6) is 2.03. The van der Waals surface area contributed by atoms with Crippen LogP contribution in [-0.2, 0) is 4.79 Å². The predicted octanol–water partition coefficient (Wildman–Crippen LogP) is 2.44. The molecule has 1 N–H and O–H groups in total. The van der Waals surface area contributed by atoms with E-state index in [-0.39, 0.29) is 11.8 Å². The molecule has 0 unspecified atom stereocenters. The number of carbonyl (C=O) groups excluding carboxylic acids is 1. The highest BCUT2D eigenvalue weighted by atomic mass is 16.5. The van der Waals surface area contributed by atoms with Crippen LogP contribution in [0.2, 0.25) is 0 Å². The molecular formula is C17H24N2O2. The summed E-state index contributed by atoms with van der Waals surface area (Å²) >= 11 is 0. The van der Waals surface area contributed by atoms with Crippen molar-refractivity contribution in [1.82, 2.24) is 5.32 Å². The standard InChI is InChI=1S/C17H24N2O2/c1-12-11-16(12)17(20)18-13-7-9-19(10-8-13)14-3-5-15(21-2)6-4-14/h3-6,12-13,16H,7-11H2,1-2H3,(H,18,20)/t12-,16+/m1/s1. The van der Waals surface area contributed by atoms with E-state index in [2.05, 4.69) is 29.3 Å². The third-order valence-corrected chi connectivity index (χ3v) is 4.73. The molecular weight excluding hydrogens is 264 g/mol. The summed E-state index contributed by atoms with van der Waals surface area (Å²) in [7, 11) is 1.68. The van der Waals surface area contributed by atoms with Gasteiger partial charge >= 0.3 is 0 Å². The topological polar surface area (TPSA) is 41.6 Å². The van der Waals surface area contributed by atoms with Crippen LogP contribution in [-0.4, -0.2) is 32.1 Å². The minimum Gasteiger partial charge on any atom is -0.497 e. The van der Waals surface area contributed by atoms with Gasteiger partial charge < -0.3 is 15.0 Å². The van der Waals surface area contributed by atoms with Gasteiger partial charge in [-0.25, -0.2) is 0 Å². The molecule has 1 heterocycles. The summed E-state index contributed by atoms with van der Waals surface area (Å²) in [6, 6.07) is 8.54. The lowest BCUT2D eigenvalue weighted by Gasteiger charge is -2.34. The van der Waals surface area contributed by atoms with E-state index in [1.54, 1.807) is 7.11 Å². The molecule has 1 aliphatic carbocycles. The zero-order chi connectivity index (χ0) is 14.8. The fourth-order valence-electron chi connectivity index (χ4n) is 3.07. The van der Waals surface area contributed by atoms with Crippen molar-refractivity contribution in [2.75, 3.05) is 25.1 Å². The molecule has 1 saturated heterocycles. The first kappa shape index (κ1) is 14.2. The fourth-order valence-corrected chi connectivity index (χ4v) is 3.07. The smallest absolute Gasteiger partial charge is 0.223 e. The largest absolute Gasteiger partial charge is 0.497 e. The molecule has 2 atom stereocenters. The number of hydrogen-bond acceptors (Lipinski definition) is 3. The number of nitrogens with one attached hydrogen (secondary N) is 1. The minimum absolute atomic E-state index is 0.269. The summed E-state index contributed by atoms with van der Waals surface area (Å²) in [5, 5.41) is 3.22. The fraction of sp³-hybridized carbons (Fsp3) is 0.588. The Balaban J connectivity index is 1.49. The molecule has 21 heavy (non-hydrogen) atoms. The molecule has 1 saturated carbocycles. The molecule has 2 fully saturated rings. The van der Waals surface area contributed by atoms with Crippen LogP contribution >= 0.6 is 0 Å². The highest BCUT2D eigenvalue weighted by Gasteiger charge is 2.39. The monoisotopic (exact) mass is 288 g/mol. The maximum atomic E-state index is 12.0. The minimum atomic E-state index is 0.269. The van der Waals surface area contributed by atoms with Gasteiger partial charge in [0.25, 0.3) is 0 Å². The average Bonchev–Trinajstić information content (AvgIpc) is 3.25. The Labute approximate surface area is 126 Å². The Morgan fingerprint density at radius 3 is 2.38 bits per heavy atom. The Kier molecular flexibility index (Phi) is 4.04. The number of methoxy groups -OCH3 is 1. The molecule has 4 nitrogen and oxygen atoms in total. The molecule has 1 aromatic rings. The van der Waals surface area contributed by atoms with Gasteiger partial charge in [-0.2, -0.15) is 0 Å². The van der Waals surface area contributed by atoms with Crippen LogP contribution in [0.3, 0.4) is 0 Å². The summed E-state index contributed by atoms with van der Waals surface area (Å²) in [4.78, 5) is 14.3. The second kappa shape index (κ2) is 5.96. The SMILES string of the molecule is COc1ccc(N2CCC(NC(=O)[C@H]3C[C@H]3C)CC2)cc1. The van der Waals surface area contributed by atoms with Crippen molar-refractivity contribution in [2.45, 2.75) is 32.2 Å². The van der Waals surface area contributed by atoms with Crippen molar-refractivity contribution >= 4 is 11.6 Å². The van der Waals surface area contributed by atoms with Crippen LogP contribution < -0.4 is 15.0 Å². The molecule has 1 aliphatic heterocycles. The maximum Gasteiger partial charge on any atom is 0.223 e. The highest BCUT2D eigenvalue weighted by molar-refractivity contribution is 5.81. The third kappa shape index (κ3) is 3.31. The van der Waals surface area contributed by atoms with Gasteiger partial charge in [-0.15, -0.1) is 0 Å². The lowest BCUT2D eigenvalue weighted by molar-refractivity contribution is -0.123. The van der Waals surface area contributed by atoms with E-state index >= 15 is 0 Å². The lowest BCUT2D eigenvalue weighted by Crippen LogP contribution is -2.45. The average molecular weight is 288 g/mol. The molecule has 4 heteroatoms. The Morgan fingerprint density at radius 2 is 1.86 bits per heavy atom. The Bertz CT molecular complexity index is 492. The molecule has 0 radical (unpaired) electrons. The van der Waals surface area contributed by atoms with E-state index in [1.165, 1.54) is 5.69 Å². The van der Waals surface area contributed by atoms with Gasteiger partial charge in [0.05, 0.1) is 7.11 Å². The number of anilines is 1. The van der Waals surface area contributed by atoms with Gasteiger partial charge in [0.2, 0.25) is 5.91 Å². The Morgan fingerprint density at radius 1 is 1.24 bits per heavy atom. The van der Waals surface area contributed by atoms with E-state index in [1.807, 2.05) is 12.1 Å². The maximum absolute atomic E-state index is 12.0. The van der Waals surface area contributed by atoms with Crippen molar-refractivity contribution in [3.05, 3.63) is 24.3 Å². The molecule has 0 spiro atoms. The predicted molar refractivity (Wildman–Crippen MR) is 83.6 cm³/mol. The van der Waals surface area contributed by atoms with Crippen molar-refractivity contribution < 1.29 is 9.53 Å². The lowest BCUT2D eigenvalue weighted by atomic mass is 10.0. The van der Waals surface area contributed by atoms with Crippen LogP contribution in [0.4, 0.5) is 5.69 Å². The van der Waals surface area contributed by atoms with Crippen LogP contribution in [0.25, 0.3) is 0 Å². The number of ether oxygens (including phenoxy) is 1. The molecule has 1 aromatic carbocycles. The Hall–Kier alpha value is -1.71. The number of rotatable bonds is 4. The normalized spacial score (nSPS) is 25.5. The van der Waals surface area contributed by atoms with Crippen molar-refractivity contribution in [2.24, 2.45) is 11.8 Å². The molecule has 1 amide bonds. The first-order valence-corrected chi connectivity index (χ1v) is 7.86. The summed E-state index contributed by atoms with van der Waals surface area (Å²) in [6.07, 6.45) is 3.12. The van der Waals surface area contributed by atoms with E-state index in [0.717, 1.165) is 38.1 Å². The van der Waals surface area contributed by atoms with Crippen LogP contribution in [0.1, 0.15) is 26.2 Å². The van der Waals surface area contributed by atoms with E-state index in [9.17, 15) is 4.79 Å². The molecule has 0 bridgehead atoms. The zero-order valence-corrected chi connectivity index (χ0v) is 12.8. The number of amides is 1. The molecule has 0 aromatic heterocycles. The van der Waals surface area contributed by atoms with Crippen LogP contribution in [0.15, 0.2) is 24.3 Å². The van der Waals surface area contributed by atoms with E-state index < -0.39 is 0 Å². The van der Waals surface area contributed by atoms with Gasteiger partial charge in [0.15, 0.2) is 0 Å². The van der Waals surface area contributed by atoms with Crippen LogP contribution in [0, 0.1) is 11.8 Å². The highest BCUT2D eigenvalue weighted by Crippen LogP contribution is 2.38. The van der Waals surface area contributed by atoms with Gasteiger partial charge in [0, 0.05) is 30.7 Å². The second-order valence-electron chi connectivity index (χ2n) is 6.29. The van der Waals surface area contributed by atoms with Gasteiger partial charge in [-0.05, 0) is 49.4 Å². The van der Waals surface area contributed by atoms with E-state index in [4.69, 9.17) is 4.74 Å². The van der Waals surface area contributed by atoms with Gasteiger partial charge in [0.1, 0.15) is 5.75 Å². The third-order valence-electron chi connectivity index (χ3n) is 4.73. The van der Waals surface area contributed by atoms with E-state index in [0.29, 0.717) is 12.0 Å². The molecule has 3 rings (SSSR count). The second-order valence-corrected chi connectivity index (χ2v) is 6.29. The summed E-state index contributed by atoms with van der Waals surface area (Å²) < 4.78 is 5.19. The first-order chi connectivity index (χ1) is 10.2. The quantitative estimate of drug-likeness (QED) is 0.925. The van der Waals surface area contributed by atoms with Gasteiger partial charge in [-0.3, -0.25) is 4.79 Å². The number of hydrogen-bond donors (Lipinski definition) is 1. The summed E-state index contributed by atoms with van der Waals surface area (Å²) in [5.41, 5.74) is 1.23. The van der Waals surface area contributed by atoms with Crippen molar-refractivity contribution in [1.29, 1.82) is 0 Å². The number of benzene rings is 1. The van der Waals surface area contributed by atoms with Gasteiger partial charge in [-0.1, -0.05) is 6.92 Å². The zero-order valence-electron chi connectivity index (χ0n) is 12.8. The van der Waals surface area contributed by atoms with Crippen molar-refractivity contribution in [3.63, 3.8) is 0 Å². The number of nitrogens with zero attached hydrogens (tertiary/aromatic N) is 1. The molecule has 2 aliphatic rings. The summed E-state index contributed by atoms with van der Waals surface area (Å²) in [6.45, 7) is 4.14. The molecule has 114 valence electrons.